The van der Waals surface area contributed by atoms with E-state index in [2.05, 4.69) is 4.89 Å². The molecule has 0 saturated heterocycles. The van der Waals surface area contributed by atoms with E-state index in [-0.39, 0.29) is 0 Å². The fourth-order valence-electron chi connectivity index (χ4n) is 0.830. The number of rotatable bonds is 6. The van der Waals surface area contributed by atoms with Crippen molar-refractivity contribution in [3.63, 3.8) is 0 Å². The minimum Gasteiger partial charge on any atom is -0.481 e. The molecule has 8 heteroatoms. The summed E-state index contributed by atoms with van der Waals surface area (Å²) >= 11 is 0. The Labute approximate surface area is 77.9 Å². The largest absolute Gasteiger partial charge is 0.481 e. The van der Waals surface area contributed by atoms with E-state index in [9.17, 15) is 14.7 Å². The minimum absolute atomic E-state index is 1.02. The summed E-state index contributed by atoms with van der Waals surface area (Å²) in [4.78, 5) is 23.9. The fraction of sp³-hybridized carbons (Fsp3) is 0.667. The van der Waals surface area contributed by atoms with Crippen LogP contribution in [0.1, 0.15) is 6.42 Å². The number of carboxylic acid groups (broad SMARTS) is 2. The molecular formula is C6H10O8. The van der Waals surface area contributed by atoms with Gasteiger partial charge >= 0.3 is 11.9 Å². The van der Waals surface area contributed by atoms with Crippen molar-refractivity contribution in [1.29, 1.82) is 0 Å². The van der Waals surface area contributed by atoms with Crippen molar-refractivity contribution in [1.82, 2.24) is 0 Å². The molecule has 0 fully saturated rings. The molecule has 8 nitrogen and oxygen atoms in total. The molecule has 0 aliphatic rings. The highest BCUT2D eigenvalue weighted by Gasteiger charge is 2.43. The van der Waals surface area contributed by atoms with Crippen LogP contribution in [-0.4, -0.2) is 55.9 Å². The Balaban J connectivity index is 4.68. The Bertz CT molecular complexity index is 226. The van der Waals surface area contributed by atoms with Gasteiger partial charge in [-0.1, -0.05) is 0 Å². The Morgan fingerprint density at radius 3 is 2.14 bits per heavy atom. The van der Waals surface area contributed by atoms with E-state index in [1.807, 2.05) is 0 Å². The SMILES string of the molecule is O=C(O)CC(O)(COO)C(O)C(=O)O. The molecule has 0 amide bonds. The number of aliphatic hydroxyl groups is 2. The quantitative estimate of drug-likeness (QED) is 0.253. The van der Waals surface area contributed by atoms with Gasteiger partial charge in [-0.3, -0.25) is 10.1 Å². The molecule has 82 valence electrons. The van der Waals surface area contributed by atoms with Crippen molar-refractivity contribution in [3.8, 4) is 0 Å². The zero-order chi connectivity index (χ0) is 11.4. The molecule has 2 unspecified atom stereocenters. The van der Waals surface area contributed by atoms with Crippen molar-refractivity contribution in [2.75, 3.05) is 6.61 Å². The average Bonchev–Trinajstić information content (AvgIpc) is 2.01. The van der Waals surface area contributed by atoms with E-state index in [4.69, 9.17) is 20.6 Å². The molecule has 0 aromatic rings. The first-order chi connectivity index (χ1) is 6.33. The Hall–Kier alpha value is -1.22. The summed E-state index contributed by atoms with van der Waals surface area (Å²) in [6.07, 6.45) is -3.42. The molecule has 14 heavy (non-hydrogen) atoms. The van der Waals surface area contributed by atoms with Gasteiger partial charge in [0.25, 0.3) is 0 Å². The van der Waals surface area contributed by atoms with E-state index >= 15 is 0 Å². The highest BCUT2D eigenvalue weighted by molar-refractivity contribution is 5.76. The second-order valence-electron chi connectivity index (χ2n) is 2.69. The van der Waals surface area contributed by atoms with Gasteiger partial charge < -0.3 is 20.4 Å². The first-order valence-corrected chi connectivity index (χ1v) is 3.45. The van der Waals surface area contributed by atoms with Crippen molar-refractivity contribution in [3.05, 3.63) is 0 Å². The lowest BCUT2D eigenvalue weighted by molar-refractivity contribution is -0.283. The second kappa shape index (κ2) is 4.86. The number of hydrogen-bond acceptors (Lipinski definition) is 6. The van der Waals surface area contributed by atoms with Gasteiger partial charge in [-0.15, -0.1) is 0 Å². The maximum Gasteiger partial charge on any atom is 0.335 e. The minimum atomic E-state index is -2.56. The van der Waals surface area contributed by atoms with Crippen molar-refractivity contribution in [2.45, 2.75) is 18.1 Å². The molecule has 5 N–H and O–H groups in total. The lowest BCUT2D eigenvalue weighted by atomic mass is 9.94. The number of carboxylic acids is 2. The fourth-order valence-corrected chi connectivity index (χ4v) is 0.830. The summed E-state index contributed by atoms with van der Waals surface area (Å²) in [5, 5.41) is 42.9. The Kier molecular flexibility index (Phi) is 4.44. The van der Waals surface area contributed by atoms with Gasteiger partial charge in [-0.25, -0.2) is 9.68 Å². The van der Waals surface area contributed by atoms with Crippen LogP contribution in [0.5, 0.6) is 0 Å². The molecule has 0 aliphatic heterocycles. The van der Waals surface area contributed by atoms with Gasteiger partial charge in [-0.05, 0) is 0 Å². The van der Waals surface area contributed by atoms with Gasteiger partial charge in [0.05, 0.1) is 6.42 Å². The predicted molar refractivity (Wildman–Crippen MR) is 39.4 cm³/mol. The van der Waals surface area contributed by atoms with E-state index in [0.29, 0.717) is 0 Å². The summed E-state index contributed by atoms with van der Waals surface area (Å²) in [5.41, 5.74) is -2.56. The number of aliphatic hydroxyl groups excluding tert-OH is 1. The van der Waals surface area contributed by atoms with E-state index in [1.165, 1.54) is 0 Å². The van der Waals surface area contributed by atoms with E-state index in [1.54, 1.807) is 0 Å². The monoisotopic (exact) mass is 210 g/mol. The maximum absolute atomic E-state index is 10.3. The molecule has 0 heterocycles. The number of hydrogen-bond donors (Lipinski definition) is 5. The normalized spacial score (nSPS) is 17.1. The summed E-state index contributed by atoms with van der Waals surface area (Å²) < 4.78 is 0. The van der Waals surface area contributed by atoms with Crippen molar-refractivity contribution in [2.24, 2.45) is 0 Å². The number of carbonyl (C=O) groups is 2. The Morgan fingerprint density at radius 1 is 1.36 bits per heavy atom. The second-order valence-corrected chi connectivity index (χ2v) is 2.69. The highest BCUT2D eigenvalue weighted by Crippen LogP contribution is 2.16. The third-order valence-electron chi connectivity index (χ3n) is 1.51. The van der Waals surface area contributed by atoms with Crippen molar-refractivity contribution >= 4 is 11.9 Å². The van der Waals surface area contributed by atoms with Gasteiger partial charge in [0.2, 0.25) is 0 Å². The summed E-state index contributed by atoms with van der Waals surface area (Å²) in [7, 11) is 0. The molecule has 0 aliphatic carbocycles. The zero-order valence-corrected chi connectivity index (χ0v) is 6.95. The van der Waals surface area contributed by atoms with Crippen LogP contribution in [0, 0.1) is 0 Å². The van der Waals surface area contributed by atoms with Crippen LogP contribution in [0.15, 0.2) is 0 Å². The summed E-state index contributed by atoms with van der Waals surface area (Å²) in [6.45, 7) is -1.02. The van der Waals surface area contributed by atoms with Gasteiger partial charge in [0.15, 0.2) is 6.10 Å². The van der Waals surface area contributed by atoms with Crippen LogP contribution in [0.25, 0.3) is 0 Å². The molecular weight excluding hydrogens is 200 g/mol. The van der Waals surface area contributed by atoms with Crippen LogP contribution >= 0.6 is 0 Å². The number of aliphatic carboxylic acids is 2. The van der Waals surface area contributed by atoms with E-state index in [0.717, 1.165) is 0 Å². The lowest BCUT2D eigenvalue weighted by Gasteiger charge is -2.27. The van der Waals surface area contributed by atoms with Crippen LogP contribution in [0.3, 0.4) is 0 Å². The molecule has 0 spiro atoms. The summed E-state index contributed by atoms with van der Waals surface area (Å²) in [5.74, 6) is -3.35. The standard InChI is InChI=1S/C6H10O8/c7-3(8)1-6(12,2-14-13)4(9)5(10)11/h4,9,12-13H,1-2H2,(H,7,8)(H,10,11). The van der Waals surface area contributed by atoms with Crippen molar-refractivity contribution < 1.29 is 40.2 Å². The smallest absolute Gasteiger partial charge is 0.335 e. The lowest BCUT2D eigenvalue weighted by Crippen LogP contribution is -2.51. The predicted octanol–water partition coefficient (Wildman–Crippen LogP) is -1.87. The highest BCUT2D eigenvalue weighted by atomic mass is 17.1. The van der Waals surface area contributed by atoms with Gasteiger partial charge in [0.1, 0.15) is 12.2 Å². The molecule has 0 radical (unpaired) electrons. The Morgan fingerprint density at radius 2 is 1.86 bits per heavy atom. The molecule has 0 aromatic heterocycles. The topological polar surface area (TPSA) is 145 Å². The van der Waals surface area contributed by atoms with Crippen LogP contribution < -0.4 is 0 Å². The van der Waals surface area contributed by atoms with Crippen LogP contribution in [0.2, 0.25) is 0 Å². The zero-order valence-electron chi connectivity index (χ0n) is 6.95. The molecule has 0 bridgehead atoms. The third kappa shape index (κ3) is 3.26. The maximum atomic E-state index is 10.3. The average molecular weight is 210 g/mol. The van der Waals surface area contributed by atoms with Crippen LogP contribution in [0.4, 0.5) is 0 Å². The molecule has 0 saturated carbocycles. The first kappa shape index (κ1) is 12.8. The summed E-state index contributed by atoms with van der Waals surface area (Å²) in [6, 6.07) is 0. The van der Waals surface area contributed by atoms with Crippen LogP contribution in [-0.2, 0) is 14.5 Å². The third-order valence-corrected chi connectivity index (χ3v) is 1.51. The molecule has 0 aromatic carbocycles. The molecule has 0 rings (SSSR count). The van der Waals surface area contributed by atoms with Gasteiger partial charge in [0, 0.05) is 0 Å². The molecule has 2 atom stereocenters. The van der Waals surface area contributed by atoms with Gasteiger partial charge in [-0.2, -0.15) is 0 Å². The van der Waals surface area contributed by atoms with E-state index < -0.39 is 36.7 Å². The first-order valence-electron chi connectivity index (χ1n) is 3.45.